The fourth-order valence-corrected chi connectivity index (χ4v) is 6.93. The van der Waals surface area contributed by atoms with Crippen LogP contribution in [0.5, 0.6) is 5.75 Å². The normalized spacial score (nSPS) is 13.6. The van der Waals surface area contributed by atoms with Gasteiger partial charge in [0.1, 0.15) is 17.0 Å². The summed E-state index contributed by atoms with van der Waals surface area (Å²) in [4.78, 5) is 24.5. The van der Waals surface area contributed by atoms with Crippen molar-refractivity contribution in [1.82, 2.24) is 20.3 Å². The first kappa shape index (κ1) is 49.9. The Balaban J connectivity index is 0.000000437. The Bertz CT molecular complexity index is 1890. The predicted octanol–water partition coefficient (Wildman–Crippen LogP) is 5.08. The van der Waals surface area contributed by atoms with Gasteiger partial charge in [0, 0.05) is 39.0 Å². The fourth-order valence-electron chi connectivity index (χ4n) is 5.47. The molecule has 0 saturated carbocycles. The molecule has 0 aliphatic heterocycles. The Labute approximate surface area is 349 Å². The maximum Gasteiger partial charge on any atom is 0.407 e. The average molecular weight is 837 g/mol. The molecule has 3 rings (SSSR count). The minimum atomic E-state index is -4.03. The molecule has 0 aromatic heterocycles. The molecule has 0 bridgehead atoms. The lowest BCUT2D eigenvalue weighted by molar-refractivity contribution is 0.0400. The SMILES string of the molecule is CC(C)(C)OC(=O)N[C@@H](Cc1ccccc1)[C@H](O)CNCCC#N.COc1ccc(S(=O)(=O)N(CCC#N)C[C@@H](O)[C@H](Cc2ccccc2)NC(=O)OC(C)(C)C)cc1. The van der Waals surface area contributed by atoms with Crippen molar-refractivity contribution in [3.8, 4) is 17.9 Å². The van der Waals surface area contributed by atoms with E-state index in [0.717, 1.165) is 15.4 Å². The average Bonchev–Trinajstić information content (AvgIpc) is 3.17. The van der Waals surface area contributed by atoms with Crippen molar-refractivity contribution in [1.29, 1.82) is 10.5 Å². The third-order valence-corrected chi connectivity index (χ3v) is 10.1. The van der Waals surface area contributed by atoms with Crippen LogP contribution in [0.4, 0.5) is 9.59 Å². The minimum absolute atomic E-state index is 0.00292. The quantitative estimate of drug-likeness (QED) is 0.0998. The number of methoxy groups -OCH3 is 1. The van der Waals surface area contributed by atoms with Crippen molar-refractivity contribution >= 4 is 22.2 Å². The van der Waals surface area contributed by atoms with Crippen LogP contribution >= 0.6 is 0 Å². The van der Waals surface area contributed by atoms with Gasteiger partial charge in [-0.3, -0.25) is 0 Å². The maximum atomic E-state index is 13.3. The lowest BCUT2D eigenvalue weighted by Gasteiger charge is -2.30. The van der Waals surface area contributed by atoms with Crippen LogP contribution in [0, 0.1) is 22.7 Å². The molecule has 3 aromatic carbocycles. The number of aliphatic hydroxyl groups excluding tert-OH is 2. The number of hydrogen-bond donors (Lipinski definition) is 5. The Morgan fingerprint density at radius 3 is 1.61 bits per heavy atom. The van der Waals surface area contributed by atoms with Crippen LogP contribution in [0.25, 0.3) is 0 Å². The van der Waals surface area contributed by atoms with Crippen molar-refractivity contribution in [2.75, 3.05) is 33.3 Å². The van der Waals surface area contributed by atoms with Gasteiger partial charge in [0.15, 0.2) is 0 Å². The molecule has 3 aromatic rings. The summed E-state index contributed by atoms with van der Waals surface area (Å²) in [6.07, 6.45) is -2.32. The van der Waals surface area contributed by atoms with Gasteiger partial charge >= 0.3 is 12.2 Å². The highest BCUT2D eigenvalue weighted by Crippen LogP contribution is 2.21. The molecule has 0 aliphatic carbocycles. The summed E-state index contributed by atoms with van der Waals surface area (Å²) in [7, 11) is -2.56. The molecular formula is C43H60N6O9S. The predicted molar refractivity (Wildman–Crippen MR) is 224 cm³/mol. The zero-order valence-corrected chi connectivity index (χ0v) is 35.9. The molecule has 322 valence electrons. The summed E-state index contributed by atoms with van der Waals surface area (Å²) in [6, 6.07) is 27.3. The lowest BCUT2D eigenvalue weighted by Crippen LogP contribution is -2.51. The number of nitriles is 2. The van der Waals surface area contributed by atoms with Gasteiger partial charge in [0.2, 0.25) is 10.0 Å². The highest BCUT2D eigenvalue weighted by molar-refractivity contribution is 7.89. The number of nitrogens with one attached hydrogen (secondary N) is 3. The second kappa shape index (κ2) is 24.6. The van der Waals surface area contributed by atoms with Crippen LogP contribution in [0.15, 0.2) is 89.8 Å². The molecule has 15 nitrogen and oxygen atoms in total. The molecule has 5 N–H and O–H groups in total. The molecule has 0 saturated heterocycles. The van der Waals surface area contributed by atoms with Gasteiger partial charge in [-0.15, -0.1) is 0 Å². The molecule has 2 amide bonds. The van der Waals surface area contributed by atoms with Gasteiger partial charge in [-0.05, 0) is 89.8 Å². The van der Waals surface area contributed by atoms with E-state index >= 15 is 0 Å². The van der Waals surface area contributed by atoms with Crippen molar-refractivity contribution < 1.29 is 42.4 Å². The highest BCUT2D eigenvalue weighted by atomic mass is 32.2. The van der Waals surface area contributed by atoms with E-state index in [2.05, 4.69) is 16.0 Å². The van der Waals surface area contributed by atoms with Crippen LogP contribution in [-0.2, 0) is 32.3 Å². The number of hydrogen-bond acceptors (Lipinski definition) is 12. The summed E-state index contributed by atoms with van der Waals surface area (Å²) < 4.78 is 43.4. The van der Waals surface area contributed by atoms with Crippen molar-refractivity contribution in [2.45, 2.75) is 108 Å². The molecule has 0 unspecified atom stereocenters. The second-order valence-corrected chi connectivity index (χ2v) is 17.5. The van der Waals surface area contributed by atoms with E-state index in [1.54, 1.807) is 41.5 Å². The standard InChI is InChI=1S/C25H33N3O6S.C18H27N3O3/c1-25(2,3)34-24(30)27-22(17-19-9-6-5-7-10-19)23(29)18-28(16-8-15-26)35(31,32)21-13-11-20(33-4)12-14-21;1-18(2,3)24-17(23)21-15(12-14-8-5-4-6-9-14)16(22)13-20-11-7-10-19/h5-7,9-14,22-23,29H,8,16-18H2,1-4H3,(H,27,30);4-6,8-9,15-16,20,22H,7,11-13H2,1-3H3,(H,21,23)/t22-,23+;15-,16+/m00/s1. The number of benzene rings is 3. The second-order valence-electron chi connectivity index (χ2n) is 15.6. The van der Waals surface area contributed by atoms with Crippen LogP contribution < -0.4 is 20.7 Å². The summed E-state index contributed by atoms with van der Waals surface area (Å²) >= 11 is 0. The van der Waals surface area contributed by atoms with Gasteiger partial charge in [0.05, 0.1) is 48.4 Å². The Morgan fingerprint density at radius 1 is 0.729 bits per heavy atom. The fraction of sp³-hybridized carbons (Fsp3) is 0.488. The molecule has 0 spiro atoms. The molecule has 16 heteroatoms. The number of sulfonamides is 1. The lowest BCUT2D eigenvalue weighted by atomic mass is 10.0. The van der Waals surface area contributed by atoms with Crippen molar-refractivity contribution in [3.63, 3.8) is 0 Å². The third-order valence-electron chi connectivity index (χ3n) is 8.26. The number of aliphatic hydroxyl groups is 2. The Hall–Kier alpha value is -5.23. The van der Waals surface area contributed by atoms with E-state index in [4.69, 9.17) is 24.7 Å². The number of nitrogens with zero attached hydrogens (tertiary/aromatic N) is 3. The van der Waals surface area contributed by atoms with Crippen LogP contribution in [-0.4, -0.2) is 104 Å². The van der Waals surface area contributed by atoms with Crippen molar-refractivity contribution in [2.24, 2.45) is 0 Å². The minimum Gasteiger partial charge on any atom is -0.497 e. The van der Waals surface area contributed by atoms with E-state index in [9.17, 15) is 28.2 Å². The number of amides is 2. The summed E-state index contributed by atoms with van der Waals surface area (Å²) in [5, 5.41) is 47.5. The molecule has 0 aliphatic rings. The molecular weight excluding hydrogens is 777 g/mol. The summed E-state index contributed by atoms with van der Waals surface area (Å²) in [6.45, 7) is 10.9. The number of ether oxygens (including phenoxy) is 3. The summed E-state index contributed by atoms with van der Waals surface area (Å²) in [5.74, 6) is 0.497. The smallest absolute Gasteiger partial charge is 0.407 e. The third kappa shape index (κ3) is 19.9. The number of carbonyl (C=O) groups excluding carboxylic acids is 2. The van der Waals surface area contributed by atoms with E-state index in [1.807, 2.05) is 72.8 Å². The Kier molecular flexibility index (Phi) is 20.8. The van der Waals surface area contributed by atoms with Crippen LogP contribution in [0.1, 0.15) is 65.5 Å². The molecule has 59 heavy (non-hydrogen) atoms. The first-order chi connectivity index (χ1) is 27.8. The van der Waals surface area contributed by atoms with Gasteiger partial charge in [0.25, 0.3) is 0 Å². The van der Waals surface area contributed by atoms with Gasteiger partial charge in [-0.1, -0.05) is 60.7 Å². The maximum absolute atomic E-state index is 13.3. The number of carbonyl (C=O) groups is 2. The number of rotatable bonds is 19. The molecule has 0 radical (unpaired) electrons. The molecule has 0 fully saturated rings. The topological polar surface area (TPSA) is 223 Å². The van der Waals surface area contributed by atoms with E-state index in [-0.39, 0.29) is 37.4 Å². The van der Waals surface area contributed by atoms with Gasteiger partial charge in [-0.25, -0.2) is 18.0 Å². The first-order valence-electron chi connectivity index (χ1n) is 19.3. The van der Waals surface area contributed by atoms with E-state index < -0.39 is 57.7 Å². The molecule has 0 heterocycles. The largest absolute Gasteiger partial charge is 0.497 e. The summed E-state index contributed by atoms with van der Waals surface area (Å²) in [5.41, 5.74) is 0.504. The zero-order chi connectivity index (χ0) is 44.1. The molecule has 4 atom stereocenters. The first-order valence-corrected chi connectivity index (χ1v) is 20.7. The monoisotopic (exact) mass is 836 g/mol. The zero-order valence-electron chi connectivity index (χ0n) is 35.1. The Morgan fingerprint density at radius 2 is 1.19 bits per heavy atom. The van der Waals surface area contributed by atoms with Crippen molar-refractivity contribution in [3.05, 3.63) is 96.1 Å². The van der Waals surface area contributed by atoms with E-state index in [1.165, 1.54) is 31.4 Å². The van der Waals surface area contributed by atoms with Crippen LogP contribution in [0.3, 0.4) is 0 Å². The van der Waals surface area contributed by atoms with Gasteiger partial charge < -0.3 is 40.4 Å². The van der Waals surface area contributed by atoms with E-state index in [0.29, 0.717) is 25.1 Å². The number of alkyl carbamates (subject to hydrolysis) is 2. The van der Waals surface area contributed by atoms with Crippen LogP contribution in [0.2, 0.25) is 0 Å². The highest BCUT2D eigenvalue weighted by Gasteiger charge is 2.32. The van der Waals surface area contributed by atoms with Gasteiger partial charge in [-0.2, -0.15) is 14.8 Å².